The Morgan fingerprint density at radius 2 is 2.47 bits per heavy atom. The first-order valence-electron chi connectivity index (χ1n) is 4.78. The fraction of sp³-hybridized carbons (Fsp3) is 0.444. The van der Waals surface area contributed by atoms with E-state index in [-0.39, 0.29) is 11.7 Å². The van der Waals surface area contributed by atoms with E-state index < -0.39 is 4.92 Å². The van der Waals surface area contributed by atoms with Gasteiger partial charge < -0.3 is 10.6 Å². The number of anilines is 1. The van der Waals surface area contributed by atoms with E-state index in [0.717, 1.165) is 13.0 Å². The van der Waals surface area contributed by atoms with Crippen molar-refractivity contribution in [2.75, 3.05) is 18.0 Å². The summed E-state index contributed by atoms with van der Waals surface area (Å²) in [5, 5.41) is 10.8. The Morgan fingerprint density at radius 1 is 1.67 bits per heavy atom. The smallest absolute Gasteiger partial charge is 0.311 e. The molecule has 6 nitrogen and oxygen atoms in total. The molecule has 2 N–H and O–H groups in total. The maximum absolute atomic E-state index is 10.8. The Morgan fingerprint density at radius 3 is 3.07 bits per heavy atom. The second-order valence-electron chi connectivity index (χ2n) is 3.60. The molecular formula is C9H12N4O2. The molecule has 6 heteroatoms. The highest BCUT2D eigenvalue weighted by molar-refractivity contribution is 5.57. The Bertz CT molecular complexity index is 382. The average Bonchev–Trinajstić information content (AvgIpc) is 2.65. The first kappa shape index (κ1) is 9.85. The molecule has 1 aromatic heterocycles. The van der Waals surface area contributed by atoms with Gasteiger partial charge in [-0.05, 0) is 12.5 Å². The Balaban J connectivity index is 2.31. The molecule has 0 aliphatic carbocycles. The van der Waals surface area contributed by atoms with Gasteiger partial charge in [0.15, 0.2) is 0 Å². The quantitative estimate of drug-likeness (QED) is 0.566. The van der Waals surface area contributed by atoms with Gasteiger partial charge in [0.2, 0.25) is 5.82 Å². The van der Waals surface area contributed by atoms with Gasteiger partial charge >= 0.3 is 5.69 Å². The van der Waals surface area contributed by atoms with Crippen LogP contribution in [0.4, 0.5) is 11.5 Å². The number of hydrogen-bond acceptors (Lipinski definition) is 5. The molecule has 80 valence electrons. The molecule has 0 unspecified atom stereocenters. The number of hydrogen-bond donors (Lipinski definition) is 1. The van der Waals surface area contributed by atoms with E-state index in [1.807, 2.05) is 4.90 Å². The van der Waals surface area contributed by atoms with Crippen LogP contribution in [0.3, 0.4) is 0 Å². The van der Waals surface area contributed by atoms with Crippen molar-refractivity contribution >= 4 is 11.5 Å². The highest BCUT2D eigenvalue weighted by Gasteiger charge is 2.26. The molecule has 1 saturated heterocycles. The zero-order chi connectivity index (χ0) is 10.8. The van der Waals surface area contributed by atoms with Crippen molar-refractivity contribution < 1.29 is 4.92 Å². The lowest BCUT2D eigenvalue weighted by Gasteiger charge is -2.15. The van der Waals surface area contributed by atoms with Crippen LogP contribution in [0, 0.1) is 10.1 Å². The molecule has 0 saturated carbocycles. The summed E-state index contributed by atoms with van der Waals surface area (Å²) < 4.78 is 0. The molecule has 1 aromatic rings. The van der Waals surface area contributed by atoms with Gasteiger partial charge in [0.25, 0.3) is 0 Å². The van der Waals surface area contributed by atoms with E-state index in [1.54, 1.807) is 12.3 Å². The summed E-state index contributed by atoms with van der Waals surface area (Å²) in [6.07, 6.45) is 2.42. The van der Waals surface area contributed by atoms with Crippen LogP contribution in [0.2, 0.25) is 0 Å². The third-order valence-corrected chi connectivity index (χ3v) is 2.49. The number of nitrogens with zero attached hydrogens (tertiary/aromatic N) is 3. The topological polar surface area (TPSA) is 85.3 Å². The molecule has 15 heavy (non-hydrogen) atoms. The second kappa shape index (κ2) is 3.82. The van der Waals surface area contributed by atoms with Crippen molar-refractivity contribution in [3.05, 3.63) is 28.4 Å². The molecule has 0 spiro atoms. The summed E-state index contributed by atoms with van der Waals surface area (Å²) in [5.41, 5.74) is 5.80. The van der Waals surface area contributed by atoms with Gasteiger partial charge in [-0.1, -0.05) is 0 Å². The highest BCUT2D eigenvalue weighted by atomic mass is 16.6. The summed E-state index contributed by atoms with van der Waals surface area (Å²) in [4.78, 5) is 16.3. The molecule has 1 atom stereocenters. The standard InChI is InChI=1S/C9H12N4O2/c10-7-3-5-12(6-7)9-8(13(14)15)2-1-4-11-9/h1-2,4,7H,3,5-6,10H2/t7-/m0/s1. The van der Waals surface area contributed by atoms with Gasteiger partial charge in [0.1, 0.15) is 0 Å². The zero-order valence-corrected chi connectivity index (χ0v) is 8.17. The number of aromatic nitrogens is 1. The molecule has 1 aliphatic heterocycles. The Labute approximate surface area is 86.9 Å². The molecule has 2 rings (SSSR count). The number of rotatable bonds is 2. The molecule has 0 aromatic carbocycles. The lowest BCUT2D eigenvalue weighted by atomic mass is 10.3. The molecule has 0 bridgehead atoms. The third-order valence-electron chi connectivity index (χ3n) is 2.49. The second-order valence-corrected chi connectivity index (χ2v) is 3.60. The van der Waals surface area contributed by atoms with Crippen LogP contribution in [-0.4, -0.2) is 29.0 Å². The third kappa shape index (κ3) is 1.89. The average molecular weight is 208 g/mol. The minimum absolute atomic E-state index is 0.0478. The predicted molar refractivity (Wildman–Crippen MR) is 55.7 cm³/mol. The van der Waals surface area contributed by atoms with Crippen molar-refractivity contribution in [3.8, 4) is 0 Å². The first-order chi connectivity index (χ1) is 7.18. The number of nitro groups is 1. The van der Waals surface area contributed by atoms with E-state index in [0.29, 0.717) is 12.4 Å². The fourth-order valence-corrected chi connectivity index (χ4v) is 1.75. The van der Waals surface area contributed by atoms with Crippen LogP contribution in [0.5, 0.6) is 0 Å². The van der Waals surface area contributed by atoms with Crippen LogP contribution in [0.15, 0.2) is 18.3 Å². The van der Waals surface area contributed by atoms with Crippen molar-refractivity contribution in [3.63, 3.8) is 0 Å². The molecule has 0 radical (unpaired) electrons. The summed E-state index contributed by atoms with van der Waals surface area (Å²) in [6, 6.07) is 3.12. The van der Waals surface area contributed by atoms with E-state index in [4.69, 9.17) is 5.73 Å². The Kier molecular flexibility index (Phi) is 2.51. The van der Waals surface area contributed by atoms with Crippen molar-refractivity contribution in [1.29, 1.82) is 0 Å². The monoisotopic (exact) mass is 208 g/mol. The van der Waals surface area contributed by atoms with Crippen molar-refractivity contribution in [2.45, 2.75) is 12.5 Å². The van der Waals surface area contributed by atoms with Crippen molar-refractivity contribution in [2.24, 2.45) is 5.73 Å². The van der Waals surface area contributed by atoms with E-state index >= 15 is 0 Å². The van der Waals surface area contributed by atoms with Crippen LogP contribution < -0.4 is 10.6 Å². The summed E-state index contributed by atoms with van der Waals surface area (Å²) in [5.74, 6) is 0.426. The van der Waals surface area contributed by atoms with Gasteiger partial charge in [0, 0.05) is 31.4 Å². The number of nitrogens with two attached hydrogens (primary N) is 1. The van der Waals surface area contributed by atoms with E-state index in [2.05, 4.69) is 4.98 Å². The van der Waals surface area contributed by atoms with Gasteiger partial charge in [0.05, 0.1) is 4.92 Å². The molecule has 1 aliphatic rings. The SMILES string of the molecule is N[C@H]1CCN(c2ncccc2[N+](=O)[O-])C1. The molecule has 0 amide bonds. The van der Waals surface area contributed by atoms with Crippen molar-refractivity contribution in [1.82, 2.24) is 4.98 Å². The normalized spacial score (nSPS) is 20.6. The maximum Gasteiger partial charge on any atom is 0.311 e. The lowest BCUT2D eigenvalue weighted by Crippen LogP contribution is -2.27. The van der Waals surface area contributed by atoms with Crippen LogP contribution >= 0.6 is 0 Å². The first-order valence-corrected chi connectivity index (χ1v) is 4.78. The van der Waals surface area contributed by atoms with Gasteiger partial charge in [-0.15, -0.1) is 0 Å². The molecular weight excluding hydrogens is 196 g/mol. The summed E-state index contributed by atoms with van der Waals surface area (Å²) >= 11 is 0. The minimum Gasteiger partial charge on any atom is -0.349 e. The number of pyridine rings is 1. The van der Waals surface area contributed by atoms with Gasteiger partial charge in [-0.3, -0.25) is 10.1 Å². The fourth-order valence-electron chi connectivity index (χ4n) is 1.75. The highest BCUT2D eigenvalue weighted by Crippen LogP contribution is 2.27. The largest absolute Gasteiger partial charge is 0.349 e. The van der Waals surface area contributed by atoms with Crippen LogP contribution in [0.1, 0.15) is 6.42 Å². The predicted octanol–water partition coefficient (Wildman–Crippen LogP) is 0.527. The maximum atomic E-state index is 10.8. The zero-order valence-electron chi connectivity index (χ0n) is 8.17. The molecule has 1 fully saturated rings. The van der Waals surface area contributed by atoms with Crippen LogP contribution in [0.25, 0.3) is 0 Å². The Hall–Kier alpha value is -1.69. The van der Waals surface area contributed by atoms with E-state index in [9.17, 15) is 10.1 Å². The van der Waals surface area contributed by atoms with Gasteiger partial charge in [-0.25, -0.2) is 4.98 Å². The minimum atomic E-state index is -0.411. The van der Waals surface area contributed by atoms with Gasteiger partial charge in [-0.2, -0.15) is 0 Å². The van der Waals surface area contributed by atoms with Crippen LogP contribution in [-0.2, 0) is 0 Å². The van der Waals surface area contributed by atoms with E-state index in [1.165, 1.54) is 6.07 Å². The summed E-state index contributed by atoms with van der Waals surface area (Å²) in [7, 11) is 0. The molecule has 2 heterocycles. The summed E-state index contributed by atoms with van der Waals surface area (Å²) in [6.45, 7) is 1.37. The lowest BCUT2D eigenvalue weighted by molar-refractivity contribution is -0.384.